The summed E-state index contributed by atoms with van der Waals surface area (Å²) in [6, 6.07) is 0. The molecule has 0 saturated carbocycles. The Bertz CT molecular complexity index is 194. The van der Waals surface area contributed by atoms with E-state index in [1.165, 1.54) is 5.57 Å². The molecule has 0 saturated heterocycles. The van der Waals surface area contributed by atoms with Crippen molar-refractivity contribution in [1.82, 2.24) is 0 Å². The molecule has 0 unspecified atom stereocenters. The van der Waals surface area contributed by atoms with E-state index in [0.717, 1.165) is 5.57 Å². The summed E-state index contributed by atoms with van der Waals surface area (Å²) >= 11 is 0. The molecule has 0 spiro atoms. The summed E-state index contributed by atoms with van der Waals surface area (Å²) in [6.45, 7) is 9.69. The zero-order valence-electron chi connectivity index (χ0n) is 6.94. The SMILES string of the molecule is C=C/C(C)=C/C=C=C(C)C. The minimum Gasteiger partial charge on any atom is -0.122 e. The van der Waals surface area contributed by atoms with E-state index in [1.807, 2.05) is 39.0 Å². The van der Waals surface area contributed by atoms with E-state index >= 15 is 0 Å². The van der Waals surface area contributed by atoms with Crippen LogP contribution in [0.4, 0.5) is 0 Å². The smallest absolute Gasteiger partial charge is 0.0198 e. The van der Waals surface area contributed by atoms with E-state index in [2.05, 4.69) is 12.3 Å². The largest absolute Gasteiger partial charge is 0.122 e. The average Bonchev–Trinajstić information content (AvgIpc) is 1.87. The van der Waals surface area contributed by atoms with Crippen molar-refractivity contribution >= 4 is 0 Å². The normalized spacial score (nSPS) is 10.1. The van der Waals surface area contributed by atoms with Gasteiger partial charge < -0.3 is 0 Å². The van der Waals surface area contributed by atoms with Crippen LogP contribution in [0.25, 0.3) is 0 Å². The van der Waals surface area contributed by atoms with E-state index < -0.39 is 0 Å². The molecule has 0 fully saturated rings. The summed E-state index contributed by atoms with van der Waals surface area (Å²) in [5.74, 6) is 0. The van der Waals surface area contributed by atoms with Crippen molar-refractivity contribution in [1.29, 1.82) is 0 Å². The van der Waals surface area contributed by atoms with Gasteiger partial charge in [0.05, 0.1) is 0 Å². The van der Waals surface area contributed by atoms with E-state index in [-0.39, 0.29) is 0 Å². The summed E-state index contributed by atoms with van der Waals surface area (Å²) in [4.78, 5) is 0. The molecule has 0 aliphatic heterocycles. The van der Waals surface area contributed by atoms with Gasteiger partial charge in [-0.2, -0.15) is 0 Å². The Morgan fingerprint density at radius 1 is 1.30 bits per heavy atom. The lowest BCUT2D eigenvalue weighted by molar-refractivity contribution is 1.41. The van der Waals surface area contributed by atoms with Gasteiger partial charge in [0.25, 0.3) is 0 Å². The number of allylic oxidation sites excluding steroid dienone is 4. The highest BCUT2D eigenvalue weighted by molar-refractivity contribution is 5.19. The zero-order valence-corrected chi connectivity index (χ0v) is 6.94. The Morgan fingerprint density at radius 3 is 2.30 bits per heavy atom. The van der Waals surface area contributed by atoms with Crippen LogP contribution in [-0.4, -0.2) is 0 Å². The lowest BCUT2D eigenvalue weighted by atomic mass is 10.2. The predicted molar refractivity (Wildman–Crippen MR) is 46.9 cm³/mol. The van der Waals surface area contributed by atoms with E-state index in [0.29, 0.717) is 0 Å². The van der Waals surface area contributed by atoms with Gasteiger partial charge in [0.15, 0.2) is 0 Å². The minimum atomic E-state index is 1.16. The van der Waals surface area contributed by atoms with Gasteiger partial charge in [0, 0.05) is 0 Å². The molecule has 0 radical (unpaired) electrons. The third-order valence-corrected chi connectivity index (χ3v) is 1.04. The molecule has 0 heterocycles. The van der Waals surface area contributed by atoms with Crippen molar-refractivity contribution in [2.24, 2.45) is 0 Å². The number of hydrogen-bond acceptors (Lipinski definition) is 0. The molecule has 0 amide bonds. The van der Waals surface area contributed by atoms with E-state index in [4.69, 9.17) is 0 Å². The van der Waals surface area contributed by atoms with Gasteiger partial charge >= 0.3 is 0 Å². The molecule has 0 nitrogen and oxygen atoms in total. The molecular weight excluding hydrogens is 120 g/mol. The molecule has 0 atom stereocenters. The molecule has 0 rings (SSSR count). The minimum absolute atomic E-state index is 1.16. The molecule has 0 N–H and O–H groups in total. The maximum atomic E-state index is 3.64. The molecule has 54 valence electrons. The van der Waals surface area contributed by atoms with E-state index in [1.54, 1.807) is 0 Å². The van der Waals surface area contributed by atoms with Crippen molar-refractivity contribution in [3.8, 4) is 0 Å². The van der Waals surface area contributed by atoms with Crippen LogP contribution >= 0.6 is 0 Å². The fraction of sp³-hybridized carbons (Fsp3) is 0.300. The lowest BCUT2D eigenvalue weighted by Crippen LogP contribution is -1.61. The first-order valence-electron chi connectivity index (χ1n) is 3.36. The van der Waals surface area contributed by atoms with Gasteiger partial charge in [0.1, 0.15) is 0 Å². The Morgan fingerprint density at radius 2 is 1.90 bits per heavy atom. The van der Waals surface area contributed by atoms with Crippen LogP contribution in [-0.2, 0) is 0 Å². The molecular formula is C10H14. The second-order valence-electron chi connectivity index (χ2n) is 2.43. The fourth-order valence-electron chi connectivity index (χ4n) is 0.408. The van der Waals surface area contributed by atoms with Gasteiger partial charge in [-0.05, 0) is 32.4 Å². The second kappa shape index (κ2) is 4.84. The fourth-order valence-corrected chi connectivity index (χ4v) is 0.408. The number of rotatable bonds is 2. The van der Waals surface area contributed by atoms with Crippen LogP contribution in [0.5, 0.6) is 0 Å². The van der Waals surface area contributed by atoms with Crippen LogP contribution in [0.2, 0.25) is 0 Å². The third-order valence-electron chi connectivity index (χ3n) is 1.04. The predicted octanol–water partition coefficient (Wildman–Crippen LogP) is 3.24. The maximum absolute atomic E-state index is 3.64. The van der Waals surface area contributed by atoms with Crippen molar-refractivity contribution < 1.29 is 0 Å². The summed E-state index contributed by atoms with van der Waals surface area (Å²) in [5.41, 5.74) is 5.43. The standard InChI is InChI=1S/C10H14/c1-5-10(4)8-6-7-9(2)3/h5-6,8H,1H2,2-4H3/b10-8+. The van der Waals surface area contributed by atoms with Gasteiger partial charge in [-0.15, -0.1) is 5.73 Å². The third kappa shape index (κ3) is 5.14. The van der Waals surface area contributed by atoms with Crippen LogP contribution in [0.3, 0.4) is 0 Å². The van der Waals surface area contributed by atoms with Gasteiger partial charge in [-0.1, -0.05) is 24.3 Å². The molecule has 0 heteroatoms. The van der Waals surface area contributed by atoms with Crippen LogP contribution < -0.4 is 0 Å². The molecule has 0 aromatic rings. The first-order valence-corrected chi connectivity index (χ1v) is 3.36. The lowest BCUT2D eigenvalue weighted by Gasteiger charge is -1.81. The summed E-state index contributed by atoms with van der Waals surface area (Å²) < 4.78 is 0. The Balaban J connectivity index is 4.20. The second-order valence-corrected chi connectivity index (χ2v) is 2.43. The highest BCUT2D eigenvalue weighted by atomic mass is 13.8. The van der Waals surface area contributed by atoms with Gasteiger partial charge in [-0.25, -0.2) is 0 Å². The molecule has 0 aromatic heterocycles. The van der Waals surface area contributed by atoms with Crippen molar-refractivity contribution in [3.05, 3.63) is 41.7 Å². The van der Waals surface area contributed by atoms with Crippen LogP contribution in [0.1, 0.15) is 20.8 Å². The molecule has 0 bridgehead atoms. The topological polar surface area (TPSA) is 0 Å². The molecule has 0 aliphatic carbocycles. The van der Waals surface area contributed by atoms with Gasteiger partial charge in [-0.3, -0.25) is 0 Å². The summed E-state index contributed by atoms with van der Waals surface area (Å²) in [6.07, 6.45) is 5.72. The summed E-state index contributed by atoms with van der Waals surface area (Å²) in [7, 11) is 0. The Labute approximate surface area is 63.3 Å². The van der Waals surface area contributed by atoms with Gasteiger partial charge in [0.2, 0.25) is 0 Å². The highest BCUT2D eigenvalue weighted by Crippen LogP contribution is 1.92. The van der Waals surface area contributed by atoms with Crippen LogP contribution in [0, 0.1) is 0 Å². The average molecular weight is 134 g/mol. The maximum Gasteiger partial charge on any atom is -0.0198 e. The highest BCUT2D eigenvalue weighted by Gasteiger charge is 1.72. The monoisotopic (exact) mass is 134 g/mol. The molecule has 0 aromatic carbocycles. The number of hydrogen-bond donors (Lipinski definition) is 0. The van der Waals surface area contributed by atoms with Crippen molar-refractivity contribution in [2.45, 2.75) is 20.8 Å². The first-order chi connectivity index (χ1) is 4.66. The van der Waals surface area contributed by atoms with Crippen LogP contribution in [0.15, 0.2) is 41.7 Å². The quantitative estimate of drug-likeness (QED) is 0.401. The summed E-state index contributed by atoms with van der Waals surface area (Å²) in [5, 5.41) is 0. The Hall–Kier alpha value is -1.00. The van der Waals surface area contributed by atoms with Crippen molar-refractivity contribution in [2.75, 3.05) is 0 Å². The molecule has 0 aliphatic rings. The zero-order chi connectivity index (χ0) is 7.98. The van der Waals surface area contributed by atoms with Crippen molar-refractivity contribution in [3.63, 3.8) is 0 Å². The molecule has 10 heavy (non-hydrogen) atoms. The Kier molecular flexibility index (Phi) is 4.36. The van der Waals surface area contributed by atoms with E-state index in [9.17, 15) is 0 Å². The first kappa shape index (κ1) is 9.00.